The van der Waals surface area contributed by atoms with Gasteiger partial charge in [0.1, 0.15) is 0 Å². The molecule has 0 unspecified atom stereocenters. The number of hydrogen-bond donors (Lipinski definition) is 0. The van der Waals surface area contributed by atoms with E-state index in [1.54, 1.807) is 0 Å². The molecular weight excluding hydrogens is 322 g/mol. The van der Waals surface area contributed by atoms with Crippen molar-refractivity contribution in [2.45, 2.75) is 36.0 Å². The summed E-state index contributed by atoms with van der Waals surface area (Å²) in [5.74, 6) is 0. The molecule has 0 atom stereocenters. The maximum Gasteiger partial charge on any atom is 0.261 e. The van der Waals surface area contributed by atoms with Crippen molar-refractivity contribution in [3.05, 3.63) is 24.3 Å². The molecule has 0 saturated heterocycles. The highest BCUT2D eigenvalue weighted by Gasteiger charge is 2.22. The Hall–Kier alpha value is -0.630. The van der Waals surface area contributed by atoms with E-state index < -0.39 is 19.1 Å². The van der Waals surface area contributed by atoms with Gasteiger partial charge < -0.3 is 0 Å². The van der Waals surface area contributed by atoms with Crippen LogP contribution in [0.1, 0.15) is 26.2 Å². The normalized spacial score (nSPS) is 12.8. The Kier molecular flexibility index (Phi) is 6.00. The molecule has 0 heterocycles. The van der Waals surface area contributed by atoms with Crippen molar-refractivity contribution in [2.24, 2.45) is 0 Å². The van der Waals surface area contributed by atoms with Crippen LogP contribution in [0.3, 0.4) is 0 Å². The topological polar surface area (TPSA) is 71.5 Å². The van der Waals surface area contributed by atoms with Gasteiger partial charge in [0.25, 0.3) is 9.05 Å². The van der Waals surface area contributed by atoms with Crippen LogP contribution in [0.4, 0.5) is 0 Å². The predicted octanol–water partition coefficient (Wildman–Crippen LogP) is 2.42. The van der Waals surface area contributed by atoms with Gasteiger partial charge in [-0.3, -0.25) is 0 Å². The van der Waals surface area contributed by atoms with Gasteiger partial charge in [-0.25, -0.2) is 21.1 Å². The third-order valence-corrected chi connectivity index (χ3v) is 6.08. The SMILES string of the molecule is CCCCCN(C)S(=O)(=O)c1cccc(S(=O)(=O)Cl)c1. The second-order valence-electron chi connectivity index (χ2n) is 4.45. The molecule has 1 rings (SSSR count). The van der Waals surface area contributed by atoms with Crippen molar-refractivity contribution < 1.29 is 16.8 Å². The maximum absolute atomic E-state index is 12.3. The Morgan fingerprint density at radius 2 is 1.70 bits per heavy atom. The zero-order valence-corrected chi connectivity index (χ0v) is 13.8. The molecule has 0 aliphatic rings. The van der Waals surface area contributed by atoms with Crippen molar-refractivity contribution in [3.63, 3.8) is 0 Å². The van der Waals surface area contributed by atoms with Crippen LogP contribution in [-0.2, 0) is 19.1 Å². The first-order chi connectivity index (χ1) is 9.19. The molecule has 0 fully saturated rings. The molecule has 0 spiro atoms. The van der Waals surface area contributed by atoms with Gasteiger partial charge in [-0.05, 0) is 24.6 Å². The highest BCUT2D eigenvalue weighted by molar-refractivity contribution is 8.13. The Bertz CT molecular complexity index is 656. The van der Waals surface area contributed by atoms with Gasteiger partial charge in [0, 0.05) is 24.3 Å². The van der Waals surface area contributed by atoms with E-state index in [0.29, 0.717) is 6.54 Å². The molecule has 1 aromatic rings. The average Bonchev–Trinajstić information content (AvgIpc) is 2.38. The number of rotatable bonds is 7. The van der Waals surface area contributed by atoms with Gasteiger partial charge in [0.15, 0.2) is 0 Å². The fourth-order valence-electron chi connectivity index (χ4n) is 1.67. The number of hydrogen-bond acceptors (Lipinski definition) is 4. The summed E-state index contributed by atoms with van der Waals surface area (Å²) in [5.41, 5.74) is 0. The number of unbranched alkanes of at least 4 members (excludes halogenated alkanes) is 2. The van der Waals surface area contributed by atoms with Crippen molar-refractivity contribution in [1.29, 1.82) is 0 Å². The predicted molar refractivity (Wildman–Crippen MR) is 78.8 cm³/mol. The molecule has 0 amide bonds. The van der Waals surface area contributed by atoms with Gasteiger partial charge >= 0.3 is 0 Å². The summed E-state index contributed by atoms with van der Waals surface area (Å²) in [6, 6.07) is 5.06. The summed E-state index contributed by atoms with van der Waals surface area (Å²) in [5, 5.41) is 0. The molecule has 114 valence electrons. The molecule has 0 bridgehead atoms. The molecule has 8 heteroatoms. The second-order valence-corrected chi connectivity index (χ2v) is 9.06. The molecule has 1 aromatic carbocycles. The summed E-state index contributed by atoms with van der Waals surface area (Å²) in [7, 11) is -0.930. The lowest BCUT2D eigenvalue weighted by atomic mass is 10.2. The Balaban J connectivity index is 3.04. The summed E-state index contributed by atoms with van der Waals surface area (Å²) in [6.45, 7) is 2.43. The third kappa shape index (κ3) is 4.44. The summed E-state index contributed by atoms with van der Waals surface area (Å²) in [4.78, 5) is -0.291. The lowest BCUT2D eigenvalue weighted by molar-refractivity contribution is 0.454. The number of sulfonamides is 1. The van der Waals surface area contributed by atoms with Crippen molar-refractivity contribution in [3.8, 4) is 0 Å². The lowest BCUT2D eigenvalue weighted by Gasteiger charge is -2.17. The summed E-state index contributed by atoms with van der Waals surface area (Å²) in [6.07, 6.45) is 2.70. The van der Waals surface area contributed by atoms with Crippen LogP contribution >= 0.6 is 10.7 Å². The summed E-state index contributed by atoms with van der Waals surface area (Å²) < 4.78 is 48.3. The van der Waals surface area contributed by atoms with Crippen LogP contribution in [0.15, 0.2) is 34.1 Å². The first kappa shape index (κ1) is 17.4. The third-order valence-electron chi connectivity index (χ3n) is 2.87. The van der Waals surface area contributed by atoms with E-state index >= 15 is 0 Å². The molecule has 0 aromatic heterocycles. The monoisotopic (exact) mass is 339 g/mol. The Morgan fingerprint density at radius 1 is 1.10 bits per heavy atom. The Morgan fingerprint density at radius 3 is 2.25 bits per heavy atom. The van der Waals surface area contributed by atoms with Crippen LogP contribution in [0.25, 0.3) is 0 Å². The molecule has 0 aliphatic heterocycles. The average molecular weight is 340 g/mol. The molecule has 0 N–H and O–H groups in total. The van der Waals surface area contributed by atoms with Crippen LogP contribution in [0, 0.1) is 0 Å². The molecule has 20 heavy (non-hydrogen) atoms. The minimum atomic E-state index is -3.94. The highest BCUT2D eigenvalue weighted by Crippen LogP contribution is 2.21. The van der Waals surface area contributed by atoms with E-state index in [9.17, 15) is 16.8 Å². The lowest BCUT2D eigenvalue weighted by Crippen LogP contribution is -2.28. The van der Waals surface area contributed by atoms with E-state index in [0.717, 1.165) is 25.3 Å². The number of halogens is 1. The van der Waals surface area contributed by atoms with Crippen LogP contribution < -0.4 is 0 Å². The second kappa shape index (κ2) is 6.89. The van der Waals surface area contributed by atoms with Gasteiger partial charge in [-0.1, -0.05) is 25.8 Å². The summed E-state index contributed by atoms with van der Waals surface area (Å²) >= 11 is 0. The maximum atomic E-state index is 12.3. The van der Waals surface area contributed by atoms with Crippen molar-refractivity contribution >= 4 is 29.8 Å². The van der Waals surface area contributed by atoms with Crippen molar-refractivity contribution in [1.82, 2.24) is 4.31 Å². The fourth-order valence-corrected chi connectivity index (χ4v) is 3.80. The van der Waals surface area contributed by atoms with Crippen molar-refractivity contribution in [2.75, 3.05) is 13.6 Å². The van der Waals surface area contributed by atoms with E-state index in [1.807, 2.05) is 6.92 Å². The van der Waals surface area contributed by atoms with E-state index in [2.05, 4.69) is 0 Å². The van der Waals surface area contributed by atoms with E-state index in [-0.39, 0.29) is 9.79 Å². The zero-order valence-electron chi connectivity index (χ0n) is 11.4. The first-order valence-electron chi connectivity index (χ1n) is 6.20. The molecule has 5 nitrogen and oxygen atoms in total. The fraction of sp³-hybridized carbons (Fsp3) is 0.500. The zero-order chi connectivity index (χ0) is 15.4. The van der Waals surface area contributed by atoms with Gasteiger partial charge in [-0.15, -0.1) is 0 Å². The van der Waals surface area contributed by atoms with Gasteiger partial charge in [0.2, 0.25) is 10.0 Å². The first-order valence-corrected chi connectivity index (χ1v) is 9.95. The standard InChI is InChI=1S/C12H18ClNO4S2/c1-3-4-5-9-14(2)20(17,18)12-8-6-7-11(10-12)19(13,15)16/h6-8,10H,3-5,9H2,1-2H3. The van der Waals surface area contributed by atoms with E-state index in [4.69, 9.17) is 10.7 Å². The Labute approximate surface area is 125 Å². The quantitative estimate of drug-likeness (QED) is 0.565. The van der Waals surface area contributed by atoms with Crippen LogP contribution in [0.5, 0.6) is 0 Å². The van der Waals surface area contributed by atoms with E-state index in [1.165, 1.54) is 29.6 Å². The smallest absolute Gasteiger partial charge is 0.207 e. The minimum Gasteiger partial charge on any atom is -0.207 e. The van der Waals surface area contributed by atoms with Crippen LogP contribution in [-0.4, -0.2) is 34.7 Å². The van der Waals surface area contributed by atoms with Crippen LogP contribution in [0.2, 0.25) is 0 Å². The largest absolute Gasteiger partial charge is 0.261 e. The molecule has 0 radical (unpaired) electrons. The minimum absolute atomic E-state index is 0.0711. The number of benzene rings is 1. The molecule has 0 saturated carbocycles. The van der Waals surface area contributed by atoms with Gasteiger partial charge in [-0.2, -0.15) is 0 Å². The molecule has 0 aliphatic carbocycles. The number of nitrogens with zero attached hydrogens (tertiary/aromatic N) is 1. The van der Waals surface area contributed by atoms with Gasteiger partial charge in [0.05, 0.1) is 9.79 Å². The highest BCUT2D eigenvalue weighted by atomic mass is 35.7. The molecular formula is C12H18ClNO4S2.